The number of anilines is 2. The summed E-state index contributed by atoms with van der Waals surface area (Å²) in [5, 5.41) is 16.4. The molecule has 1 heterocycles. The number of rotatable bonds is 5. The van der Waals surface area contributed by atoms with Gasteiger partial charge in [0.2, 0.25) is 5.91 Å². The van der Waals surface area contributed by atoms with Crippen LogP contribution in [0.3, 0.4) is 0 Å². The summed E-state index contributed by atoms with van der Waals surface area (Å²) in [7, 11) is 0. The van der Waals surface area contributed by atoms with Crippen molar-refractivity contribution in [3.8, 4) is 0 Å². The monoisotopic (exact) mass is 446 g/mol. The Morgan fingerprint density at radius 1 is 0.967 bits per heavy atom. The van der Waals surface area contributed by atoms with Crippen molar-refractivity contribution in [2.75, 3.05) is 10.6 Å². The molecule has 0 radical (unpaired) electrons. The van der Waals surface area contributed by atoms with E-state index in [1.807, 2.05) is 0 Å². The van der Waals surface area contributed by atoms with Crippen LogP contribution in [0.5, 0.6) is 0 Å². The molecule has 1 aromatic carbocycles. The van der Waals surface area contributed by atoms with Gasteiger partial charge in [-0.15, -0.1) is 11.3 Å². The number of hydrogen-bond acceptors (Lipinski definition) is 4. The third kappa shape index (κ3) is 4.23. The first-order valence-electron chi connectivity index (χ1n) is 10.2. The lowest BCUT2D eigenvalue weighted by Crippen LogP contribution is -2.36. The molecule has 2 unspecified atom stereocenters. The minimum Gasteiger partial charge on any atom is -0.481 e. The molecule has 2 amide bonds. The Morgan fingerprint density at radius 2 is 1.67 bits per heavy atom. The van der Waals surface area contributed by atoms with Crippen LogP contribution >= 0.6 is 22.9 Å². The van der Waals surface area contributed by atoms with Crippen LogP contribution in [0.1, 0.15) is 52.9 Å². The van der Waals surface area contributed by atoms with E-state index in [1.165, 1.54) is 11.3 Å². The highest BCUT2D eigenvalue weighted by atomic mass is 35.5. The minimum absolute atomic E-state index is 0.273. The normalized spacial score (nSPS) is 20.4. The number of carboxylic acid groups (broad SMARTS) is 1. The van der Waals surface area contributed by atoms with Crippen LogP contribution in [0.2, 0.25) is 5.02 Å². The molecule has 30 heavy (non-hydrogen) atoms. The topological polar surface area (TPSA) is 95.5 Å². The number of halogens is 1. The predicted octanol–water partition coefficient (Wildman–Crippen LogP) is 4.97. The summed E-state index contributed by atoms with van der Waals surface area (Å²) in [4.78, 5) is 38.8. The first-order valence-corrected chi connectivity index (χ1v) is 11.4. The van der Waals surface area contributed by atoms with E-state index in [9.17, 15) is 19.5 Å². The first kappa shape index (κ1) is 20.9. The summed E-state index contributed by atoms with van der Waals surface area (Å²) in [6.07, 6.45) is 5.40. The van der Waals surface area contributed by atoms with E-state index in [2.05, 4.69) is 10.6 Å². The van der Waals surface area contributed by atoms with Gasteiger partial charge in [-0.2, -0.15) is 0 Å². The number of nitrogens with one attached hydrogen (secondary N) is 2. The predicted molar refractivity (Wildman–Crippen MR) is 117 cm³/mol. The van der Waals surface area contributed by atoms with Gasteiger partial charge in [0.25, 0.3) is 5.91 Å². The Balaban J connectivity index is 1.58. The van der Waals surface area contributed by atoms with Gasteiger partial charge >= 0.3 is 5.97 Å². The molecule has 2 aliphatic carbocycles. The summed E-state index contributed by atoms with van der Waals surface area (Å²) in [6, 6.07) is 6.86. The number of amides is 2. The van der Waals surface area contributed by atoms with Crippen molar-refractivity contribution in [2.45, 2.75) is 44.9 Å². The lowest BCUT2D eigenvalue weighted by atomic mass is 9.79. The van der Waals surface area contributed by atoms with Gasteiger partial charge in [0.15, 0.2) is 0 Å². The smallest absolute Gasteiger partial charge is 0.307 e. The van der Waals surface area contributed by atoms with E-state index in [1.54, 1.807) is 24.3 Å². The molecule has 1 saturated carbocycles. The molecule has 2 aromatic rings. The second kappa shape index (κ2) is 8.78. The SMILES string of the molecule is O=C(Nc1ccc(Cl)cc1)c1c(NC(=O)C2CCCCC2C(=O)O)sc2c1CCC2. The van der Waals surface area contributed by atoms with Crippen molar-refractivity contribution in [1.29, 1.82) is 0 Å². The molecule has 0 saturated heterocycles. The summed E-state index contributed by atoms with van der Waals surface area (Å²) < 4.78 is 0. The second-order valence-electron chi connectivity index (χ2n) is 7.85. The van der Waals surface area contributed by atoms with Crippen molar-refractivity contribution in [3.63, 3.8) is 0 Å². The molecule has 158 valence electrons. The van der Waals surface area contributed by atoms with E-state index in [0.717, 1.165) is 42.5 Å². The van der Waals surface area contributed by atoms with Crippen LogP contribution in [0, 0.1) is 11.8 Å². The number of hydrogen-bond donors (Lipinski definition) is 3. The van der Waals surface area contributed by atoms with Gasteiger partial charge in [0.05, 0.1) is 17.4 Å². The summed E-state index contributed by atoms with van der Waals surface area (Å²) in [5.74, 6) is -2.74. The number of benzene rings is 1. The van der Waals surface area contributed by atoms with Crippen LogP contribution in [0.4, 0.5) is 10.7 Å². The quantitative estimate of drug-likeness (QED) is 0.604. The number of thiophene rings is 1. The van der Waals surface area contributed by atoms with E-state index in [4.69, 9.17) is 11.6 Å². The Kier molecular flexibility index (Phi) is 6.11. The Hall–Kier alpha value is -2.38. The van der Waals surface area contributed by atoms with Gasteiger partial charge in [-0.1, -0.05) is 24.4 Å². The van der Waals surface area contributed by atoms with Crippen molar-refractivity contribution in [2.24, 2.45) is 11.8 Å². The van der Waals surface area contributed by atoms with Crippen molar-refractivity contribution in [1.82, 2.24) is 0 Å². The number of carbonyl (C=O) groups is 3. The Bertz CT molecular complexity index is 986. The fourth-order valence-electron chi connectivity index (χ4n) is 4.40. The summed E-state index contributed by atoms with van der Waals surface area (Å²) in [5.41, 5.74) is 2.11. The lowest BCUT2D eigenvalue weighted by molar-refractivity contribution is -0.147. The molecule has 0 spiro atoms. The van der Waals surface area contributed by atoms with Gasteiger partial charge < -0.3 is 15.7 Å². The van der Waals surface area contributed by atoms with E-state index in [-0.39, 0.29) is 11.8 Å². The third-order valence-electron chi connectivity index (χ3n) is 5.91. The van der Waals surface area contributed by atoms with Crippen LogP contribution in [-0.4, -0.2) is 22.9 Å². The van der Waals surface area contributed by atoms with E-state index in [0.29, 0.717) is 34.1 Å². The number of carboxylic acids is 1. The molecule has 4 rings (SSSR count). The van der Waals surface area contributed by atoms with Crippen molar-refractivity contribution < 1.29 is 19.5 Å². The molecule has 8 heteroatoms. The van der Waals surface area contributed by atoms with Crippen molar-refractivity contribution >= 4 is 51.4 Å². The van der Waals surface area contributed by atoms with Crippen LogP contribution in [0.15, 0.2) is 24.3 Å². The Labute approximate surface area is 183 Å². The third-order valence-corrected chi connectivity index (χ3v) is 7.37. The van der Waals surface area contributed by atoms with Crippen molar-refractivity contribution in [3.05, 3.63) is 45.3 Å². The zero-order chi connectivity index (χ0) is 21.3. The molecule has 0 aliphatic heterocycles. The lowest BCUT2D eigenvalue weighted by Gasteiger charge is -2.27. The second-order valence-corrected chi connectivity index (χ2v) is 9.39. The fraction of sp³-hybridized carbons (Fsp3) is 0.409. The highest BCUT2D eigenvalue weighted by Gasteiger charge is 2.37. The van der Waals surface area contributed by atoms with E-state index >= 15 is 0 Å². The van der Waals surface area contributed by atoms with Gasteiger partial charge in [-0.3, -0.25) is 14.4 Å². The number of carbonyl (C=O) groups excluding carboxylic acids is 2. The van der Waals surface area contributed by atoms with Gasteiger partial charge in [-0.25, -0.2) is 0 Å². The van der Waals surface area contributed by atoms with E-state index < -0.39 is 17.8 Å². The average Bonchev–Trinajstić information content (AvgIpc) is 3.30. The number of aryl methyl sites for hydroxylation is 1. The molecule has 3 N–H and O–H groups in total. The van der Waals surface area contributed by atoms with Crippen LogP contribution in [0.25, 0.3) is 0 Å². The number of aliphatic carboxylic acids is 1. The maximum atomic E-state index is 13.1. The van der Waals surface area contributed by atoms with Gasteiger partial charge in [0, 0.05) is 15.6 Å². The van der Waals surface area contributed by atoms with Crippen LogP contribution < -0.4 is 10.6 Å². The molecule has 1 fully saturated rings. The number of fused-ring (bicyclic) bond motifs is 1. The van der Waals surface area contributed by atoms with Gasteiger partial charge in [0.1, 0.15) is 5.00 Å². The molecule has 1 aromatic heterocycles. The highest BCUT2D eigenvalue weighted by Crippen LogP contribution is 2.40. The molecule has 0 bridgehead atoms. The summed E-state index contributed by atoms with van der Waals surface area (Å²) in [6.45, 7) is 0. The van der Waals surface area contributed by atoms with Crippen LogP contribution in [-0.2, 0) is 22.4 Å². The maximum absolute atomic E-state index is 13.1. The molecule has 6 nitrogen and oxygen atoms in total. The highest BCUT2D eigenvalue weighted by molar-refractivity contribution is 7.17. The zero-order valence-electron chi connectivity index (χ0n) is 16.4. The molecular formula is C22H23ClN2O4S. The molecule has 2 atom stereocenters. The summed E-state index contributed by atoms with van der Waals surface area (Å²) >= 11 is 7.35. The fourth-order valence-corrected chi connectivity index (χ4v) is 5.82. The molecule has 2 aliphatic rings. The molecular weight excluding hydrogens is 424 g/mol. The zero-order valence-corrected chi connectivity index (χ0v) is 17.9. The Morgan fingerprint density at radius 3 is 2.37 bits per heavy atom. The maximum Gasteiger partial charge on any atom is 0.307 e. The average molecular weight is 447 g/mol. The minimum atomic E-state index is -0.927. The van der Waals surface area contributed by atoms with Gasteiger partial charge in [-0.05, 0) is 61.9 Å². The first-order chi connectivity index (χ1) is 14.4. The standard InChI is InChI=1S/C22H23ClN2O4S/c23-12-8-10-13(11-9-12)24-20(27)18-16-6-3-7-17(16)30-21(18)25-19(26)14-4-1-2-5-15(14)22(28)29/h8-11,14-15H,1-7H2,(H,24,27)(H,25,26)(H,28,29). The largest absolute Gasteiger partial charge is 0.481 e.